The molecule has 0 saturated carbocycles. The van der Waals surface area contributed by atoms with Crippen molar-refractivity contribution in [3.05, 3.63) is 61.5 Å². The zero-order chi connectivity index (χ0) is 23.0. The fourth-order valence-corrected chi connectivity index (χ4v) is 3.60. The normalized spacial score (nSPS) is 10.9. The summed E-state index contributed by atoms with van der Waals surface area (Å²) in [6.07, 6.45) is 0. The molecule has 0 aliphatic heterocycles. The van der Waals surface area contributed by atoms with E-state index in [-0.39, 0.29) is 30.2 Å². The lowest BCUT2D eigenvalue weighted by Crippen LogP contribution is -2.40. The average Bonchev–Trinajstić information content (AvgIpc) is 3.18. The van der Waals surface area contributed by atoms with Gasteiger partial charge in [-0.05, 0) is 19.9 Å². The molecule has 0 aliphatic rings. The van der Waals surface area contributed by atoms with Gasteiger partial charge in [0, 0.05) is 25.2 Å². The average molecular weight is 432 g/mol. The number of fused-ring (bicyclic) bond motifs is 2. The van der Waals surface area contributed by atoms with Crippen molar-refractivity contribution in [2.24, 2.45) is 12.3 Å². The third kappa shape index (κ3) is 3.31. The van der Waals surface area contributed by atoms with Gasteiger partial charge in [0.2, 0.25) is 5.95 Å². The van der Waals surface area contributed by atoms with Crippen molar-refractivity contribution in [2.45, 2.75) is 26.9 Å². The van der Waals surface area contributed by atoms with E-state index in [4.69, 9.17) is 0 Å². The minimum absolute atomic E-state index is 0.0984. The number of para-hydroxylation sites is 1. The molecule has 4 rings (SSSR count). The van der Waals surface area contributed by atoms with Gasteiger partial charge in [0.1, 0.15) is 5.82 Å². The topological polar surface area (TPSA) is 120 Å². The molecule has 0 fully saturated rings. The lowest BCUT2D eigenvalue weighted by molar-refractivity contribution is 0.633. The highest BCUT2D eigenvalue weighted by Crippen LogP contribution is 2.19. The summed E-state index contributed by atoms with van der Waals surface area (Å²) in [7, 11) is 2.92. The maximum atomic E-state index is 13.4. The molecule has 0 amide bonds. The molecule has 0 aliphatic carbocycles. The van der Waals surface area contributed by atoms with Gasteiger partial charge in [-0.2, -0.15) is 9.99 Å². The van der Waals surface area contributed by atoms with E-state index in [1.807, 2.05) is 31.2 Å². The third-order valence-electron chi connectivity index (χ3n) is 5.18. The van der Waals surface area contributed by atoms with Gasteiger partial charge in [0.05, 0.1) is 23.9 Å². The van der Waals surface area contributed by atoms with E-state index < -0.39 is 11.2 Å². The number of hydrogen-bond acceptors (Lipinski definition) is 7. The highest BCUT2D eigenvalue weighted by molar-refractivity contribution is 5.80. The van der Waals surface area contributed by atoms with Crippen molar-refractivity contribution in [3.8, 4) is 11.8 Å². The molecule has 0 unspecified atom stereocenters. The largest absolute Gasteiger partial charge is 0.332 e. The van der Waals surface area contributed by atoms with Crippen LogP contribution < -0.4 is 16.3 Å². The molecule has 32 heavy (non-hydrogen) atoms. The van der Waals surface area contributed by atoms with Crippen LogP contribution in [0.4, 0.5) is 5.95 Å². The summed E-state index contributed by atoms with van der Waals surface area (Å²) in [5.41, 5.74) is 0.601. The van der Waals surface area contributed by atoms with Crippen molar-refractivity contribution >= 4 is 28.0 Å². The number of imidazole rings is 1. The van der Waals surface area contributed by atoms with Crippen LogP contribution in [0.5, 0.6) is 0 Å². The quantitative estimate of drug-likeness (QED) is 0.265. The van der Waals surface area contributed by atoms with Crippen LogP contribution in [0.3, 0.4) is 0 Å². The fraction of sp³-hybridized carbons (Fsp3) is 0.286. The van der Waals surface area contributed by atoms with Gasteiger partial charge < -0.3 is 0 Å². The van der Waals surface area contributed by atoms with E-state index in [0.29, 0.717) is 5.82 Å². The number of rotatable bonds is 5. The fourth-order valence-electron chi connectivity index (χ4n) is 3.60. The van der Waals surface area contributed by atoms with Crippen LogP contribution in [0.25, 0.3) is 22.1 Å². The molecule has 162 valence electrons. The predicted octanol–water partition coefficient (Wildman–Crippen LogP) is 1.34. The summed E-state index contributed by atoms with van der Waals surface area (Å²) in [5, 5.41) is 4.76. The molecule has 0 radical (unpaired) electrons. The summed E-state index contributed by atoms with van der Waals surface area (Å²) in [5.74, 6) is 6.07. The summed E-state index contributed by atoms with van der Waals surface area (Å²) in [6, 6.07) is 7.53. The van der Waals surface area contributed by atoms with E-state index in [1.165, 1.54) is 23.2 Å². The minimum atomic E-state index is -0.575. The summed E-state index contributed by atoms with van der Waals surface area (Å²) in [6.45, 7) is 3.49. The molecule has 11 nitrogen and oxygen atoms in total. The Morgan fingerprint density at radius 2 is 1.88 bits per heavy atom. The van der Waals surface area contributed by atoms with Crippen LogP contribution >= 0.6 is 0 Å². The van der Waals surface area contributed by atoms with Crippen molar-refractivity contribution in [2.75, 3.05) is 12.1 Å². The first-order chi connectivity index (χ1) is 15.4. The summed E-state index contributed by atoms with van der Waals surface area (Å²) >= 11 is 0. The van der Waals surface area contributed by atoms with Crippen LogP contribution in [0.2, 0.25) is 0 Å². The minimum Gasteiger partial charge on any atom is -0.291 e. The Hall–Kier alpha value is -4.33. The monoisotopic (exact) mass is 432 g/mol. The highest BCUT2D eigenvalue weighted by Gasteiger charge is 2.23. The van der Waals surface area contributed by atoms with Crippen molar-refractivity contribution < 1.29 is 0 Å². The molecule has 0 bridgehead atoms. The van der Waals surface area contributed by atoms with Gasteiger partial charge in [0.15, 0.2) is 11.2 Å². The van der Waals surface area contributed by atoms with Crippen molar-refractivity contribution in [1.82, 2.24) is 28.7 Å². The number of aryl methyl sites for hydroxylation is 2. The van der Waals surface area contributed by atoms with Crippen LogP contribution in [-0.4, -0.2) is 35.7 Å². The maximum absolute atomic E-state index is 13.4. The van der Waals surface area contributed by atoms with Gasteiger partial charge in [-0.25, -0.2) is 14.8 Å². The molecule has 0 atom stereocenters. The predicted molar refractivity (Wildman–Crippen MR) is 120 cm³/mol. The Morgan fingerprint density at radius 1 is 1.12 bits per heavy atom. The Balaban J connectivity index is 1.96. The second-order valence-corrected chi connectivity index (χ2v) is 7.18. The standard InChI is InChI=1S/C21H20N8O3/c1-5-6-11-28-17-18(24-20(28)27(4)25-32)26(3)21(31)29(19(17)30)12-16-22-13(2)14-9-7-8-10-15(14)23-16/h7-10H,11-12H2,1-4H3. The number of benzene rings is 1. The van der Waals surface area contributed by atoms with E-state index >= 15 is 0 Å². The third-order valence-corrected chi connectivity index (χ3v) is 5.18. The lowest BCUT2D eigenvalue weighted by atomic mass is 10.2. The molecule has 0 spiro atoms. The summed E-state index contributed by atoms with van der Waals surface area (Å²) in [4.78, 5) is 50.9. The Morgan fingerprint density at radius 3 is 2.59 bits per heavy atom. The van der Waals surface area contributed by atoms with Gasteiger partial charge in [-0.15, -0.1) is 10.8 Å². The lowest BCUT2D eigenvalue weighted by Gasteiger charge is -2.11. The number of aromatic nitrogens is 6. The molecule has 4 aromatic rings. The molecule has 0 N–H and O–H groups in total. The molecule has 11 heteroatoms. The molecule has 3 heterocycles. The second kappa shape index (κ2) is 8.07. The molecule has 1 aromatic carbocycles. The zero-order valence-corrected chi connectivity index (χ0v) is 18.0. The number of nitrogens with zero attached hydrogens (tertiary/aromatic N) is 8. The van der Waals surface area contributed by atoms with Crippen molar-refractivity contribution in [1.29, 1.82) is 0 Å². The van der Waals surface area contributed by atoms with E-state index in [0.717, 1.165) is 26.2 Å². The number of anilines is 1. The van der Waals surface area contributed by atoms with Crippen LogP contribution in [0.15, 0.2) is 39.1 Å². The van der Waals surface area contributed by atoms with Crippen molar-refractivity contribution in [3.63, 3.8) is 0 Å². The zero-order valence-electron chi connectivity index (χ0n) is 18.0. The second-order valence-electron chi connectivity index (χ2n) is 7.18. The Kier molecular flexibility index (Phi) is 5.28. The smallest absolute Gasteiger partial charge is 0.291 e. The van der Waals surface area contributed by atoms with E-state index in [9.17, 15) is 14.5 Å². The first kappa shape index (κ1) is 20.9. The van der Waals surface area contributed by atoms with Crippen LogP contribution in [-0.2, 0) is 20.1 Å². The molecule has 0 saturated heterocycles. The first-order valence-electron chi connectivity index (χ1n) is 9.76. The number of nitroso groups, excluding NO2 is 1. The van der Waals surface area contributed by atoms with Gasteiger partial charge in [-0.1, -0.05) is 24.1 Å². The van der Waals surface area contributed by atoms with Gasteiger partial charge in [-0.3, -0.25) is 18.5 Å². The number of hydrogen-bond donors (Lipinski definition) is 0. The van der Waals surface area contributed by atoms with Crippen LogP contribution in [0, 0.1) is 23.7 Å². The highest BCUT2D eigenvalue weighted by atomic mass is 16.3. The Labute approximate surface area is 181 Å². The molecular formula is C21H20N8O3. The van der Waals surface area contributed by atoms with Gasteiger partial charge in [0.25, 0.3) is 5.56 Å². The van der Waals surface area contributed by atoms with E-state index in [1.54, 1.807) is 6.92 Å². The SMILES string of the molecule is CC#CCn1c(N(C)N=O)nc2c1c(=O)n(Cc1nc(C)c3ccccc3n1)c(=O)n2C. The maximum Gasteiger partial charge on any atom is 0.332 e. The Bertz CT molecular complexity index is 1550. The molecular weight excluding hydrogens is 412 g/mol. The van der Waals surface area contributed by atoms with Gasteiger partial charge >= 0.3 is 5.69 Å². The molecule has 3 aromatic heterocycles. The summed E-state index contributed by atoms with van der Waals surface area (Å²) < 4.78 is 3.78. The first-order valence-corrected chi connectivity index (χ1v) is 9.76. The van der Waals surface area contributed by atoms with Crippen LogP contribution in [0.1, 0.15) is 18.4 Å². The van der Waals surface area contributed by atoms with E-state index in [2.05, 4.69) is 32.1 Å².